The molecule has 1 rings (SSSR count). The maximum atomic E-state index is 12.8. The van der Waals surface area contributed by atoms with Crippen molar-refractivity contribution in [3.05, 3.63) is 29.3 Å². The third kappa shape index (κ3) is 5.44. The van der Waals surface area contributed by atoms with Crippen molar-refractivity contribution in [1.82, 2.24) is 0 Å². The SMILES string of the molecule is CC(C)OCCC(=O)Nc1ccc(C#N)c(C(F)(F)F)c1. The van der Waals surface area contributed by atoms with E-state index in [-0.39, 0.29) is 24.8 Å². The number of halogens is 3. The van der Waals surface area contributed by atoms with Gasteiger partial charge in [0.25, 0.3) is 0 Å². The van der Waals surface area contributed by atoms with E-state index in [0.29, 0.717) is 0 Å². The molecular weight excluding hydrogens is 285 g/mol. The molecule has 4 nitrogen and oxygen atoms in total. The summed E-state index contributed by atoms with van der Waals surface area (Å²) >= 11 is 0. The second kappa shape index (κ2) is 7.09. The molecule has 7 heteroatoms. The molecule has 0 aromatic heterocycles. The predicted molar refractivity (Wildman–Crippen MR) is 70.5 cm³/mol. The molecular formula is C14H15F3N2O2. The summed E-state index contributed by atoms with van der Waals surface area (Å²) in [6.45, 7) is 3.81. The molecule has 0 unspecified atom stereocenters. The van der Waals surface area contributed by atoms with E-state index in [9.17, 15) is 18.0 Å². The zero-order valence-corrected chi connectivity index (χ0v) is 11.6. The van der Waals surface area contributed by atoms with Crippen molar-refractivity contribution in [2.75, 3.05) is 11.9 Å². The Kier molecular flexibility index (Phi) is 5.73. The summed E-state index contributed by atoms with van der Waals surface area (Å²) < 4.78 is 43.5. The standard InChI is InChI=1S/C14H15F3N2O2/c1-9(2)21-6-5-13(20)19-11-4-3-10(8-18)12(7-11)14(15,16)17/h3-4,7,9H,5-6H2,1-2H3,(H,19,20). The molecule has 114 valence electrons. The predicted octanol–water partition coefficient (Wildman–Crippen LogP) is 3.33. The Morgan fingerprint density at radius 3 is 2.62 bits per heavy atom. The number of nitrogens with zero attached hydrogens (tertiary/aromatic N) is 1. The fourth-order valence-electron chi connectivity index (χ4n) is 1.56. The van der Waals surface area contributed by atoms with Crippen LogP contribution in [0, 0.1) is 11.3 Å². The lowest BCUT2D eigenvalue weighted by molar-refractivity contribution is -0.137. The van der Waals surface area contributed by atoms with Gasteiger partial charge in [0.2, 0.25) is 5.91 Å². The third-order valence-electron chi connectivity index (χ3n) is 2.51. The molecule has 0 atom stereocenters. The number of hydrogen-bond donors (Lipinski definition) is 1. The van der Waals surface area contributed by atoms with Crippen LogP contribution in [0.1, 0.15) is 31.4 Å². The van der Waals surface area contributed by atoms with Crippen LogP contribution in [0.3, 0.4) is 0 Å². The van der Waals surface area contributed by atoms with E-state index in [1.54, 1.807) is 0 Å². The lowest BCUT2D eigenvalue weighted by atomic mass is 10.1. The Labute approximate surface area is 120 Å². The van der Waals surface area contributed by atoms with Gasteiger partial charge in [0.15, 0.2) is 0 Å². The summed E-state index contributed by atoms with van der Waals surface area (Å²) in [5.41, 5.74) is -1.55. The number of hydrogen-bond acceptors (Lipinski definition) is 3. The Morgan fingerprint density at radius 2 is 2.10 bits per heavy atom. The van der Waals surface area contributed by atoms with Gasteiger partial charge in [-0.3, -0.25) is 4.79 Å². The highest BCUT2D eigenvalue weighted by atomic mass is 19.4. The minimum Gasteiger partial charge on any atom is -0.378 e. The summed E-state index contributed by atoms with van der Waals surface area (Å²) in [5.74, 6) is -0.450. The first-order valence-electron chi connectivity index (χ1n) is 6.27. The topological polar surface area (TPSA) is 62.1 Å². The Bertz CT molecular complexity index is 548. The minimum atomic E-state index is -4.65. The summed E-state index contributed by atoms with van der Waals surface area (Å²) in [6.07, 6.45) is -4.63. The number of rotatable bonds is 5. The number of carbonyl (C=O) groups is 1. The van der Waals surface area contributed by atoms with Crippen LogP contribution in [-0.4, -0.2) is 18.6 Å². The van der Waals surface area contributed by atoms with Crippen molar-refractivity contribution < 1.29 is 22.7 Å². The maximum absolute atomic E-state index is 12.8. The molecule has 1 N–H and O–H groups in total. The maximum Gasteiger partial charge on any atom is 0.417 e. The van der Waals surface area contributed by atoms with Crippen LogP contribution in [0.2, 0.25) is 0 Å². The van der Waals surface area contributed by atoms with E-state index < -0.39 is 23.2 Å². The van der Waals surface area contributed by atoms with E-state index in [4.69, 9.17) is 10.00 Å². The van der Waals surface area contributed by atoms with Crippen molar-refractivity contribution in [3.8, 4) is 6.07 Å². The van der Waals surface area contributed by atoms with Crippen molar-refractivity contribution in [2.45, 2.75) is 32.5 Å². The summed E-state index contributed by atoms with van der Waals surface area (Å²) in [6, 6.07) is 4.52. The number of anilines is 1. The second-order valence-electron chi connectivity index (χ2n) is 4.59. The lowest BCUT2D eigenvalue weighted by Gasteiger charge is -2.12. The molecule has 0 saturated carbocycles. The van der Waals surface area contributed by atoms with Gasteiger partial charge in [-0.1, -0.05) is 0 Å². The monoisotopic (exact) mass is 300 g/mol. The average molecular weight is 300 g/mol. The van der Waals surface area contributed by atoms with E-state index in [2.05, 4.69) is 5.32 Å². The lowest BCUT2D eigenvalue weighted by Crippen LogP contribution is -2.16. The molecule has 1 aromatic carbocycles. The molecule has 1 amide bonds. The fraction of sp³-hybridized carbons (Fsp3) is 0.429. The van der Waals surface area contributed by atoms with Gasteiger partial charge in [-0.15, -0.1) is 0 Å². The highest BCUT2D eigenvalue weighted by Gasteiger charge is 2.33. The molecule has 0 radical (unpaired) electrons. The number of alkyl halides is 3. The van der Waals surface area contributed by atoms with Crippen molar-refractivity contribution in [3.63, 3.8) is 0 Å². The van der Waals surface area contributed by atoms with Gasteiger partial charge < -0.3 is 10.1 Å². The van der Waals surface area contributed by atoms with Crippen molar-refractivity contribution in [1.29, 1.82) is 5.26 Å². The number of benzene rings is 1. The number of carbonyl (C=O) groups excluding carboxylic acids is 1. The van der Waals surface area contributed by atoms with Crippen LogP contribution in [-0.2, 0) is 15.7 Å². The number of nitrogens with one attached hydrogen (secondary N) is 1. The van der Waals surface area contributed by atoms with Crippen LogP contribution >= 0.6 is 0 Å². The molecule has 0 aliphatic rings. The van der Waals surface area contributed by atoms with Gasteiger partial charge in [-0.05, 0) is 32.0 Å². The molecule has 0 fully saturated rings. The molecule has 0 aliphatic carbocycles. The number of amides is 1. The normalized spacial score (nSPS) is 11.3. The van der Waals surface area contributed by atoms with Crippen molar-refractivity contribution in [2.24, 2.45) is 0 Å². The summed E-state index contributed by atoms with van der Waals surface area (Å²) in [4.78, 5) is 11.6. The van der Waals surface area contributed by atoms with E-state index in [1.165, 1.54) is 12.1 Å². The first kappa shape index (κ1) is 17.0. The smallest absolute Gasteiger partial charge is 0.378 e. The van der Waals surface area contributed by atoms with Crippen LogP contribution in [0.15, 0.2) is 18.2 Å². The van der Waals surface area contributed by atoms with Gasteiger partial charge in [-0.2, -0.15) is 18.4 Å². The molecule has 0 aliphatic heterocycles. The van der Waals surface area contributed by atoms with Gasteiger partial charge in [-0.25, -0.2) is 0 Å². The summed E-state index contributed by atoms with van der Waals surface area (Å²) in [7, 11) is 0. The molecule has 1 aromatic rings. The number of ether oxygens (including phenoxy) is 1. The first-order valence-corrected chi connectivity index (χ1v) is 6.27. The van der Waals surface area contributed by atoms with Crippen LogP contribution < -0.4 is 5.32 Å². The van der Waals surface area contributed by atoms with Crippen LogP contribution in [0.25, 0.3) is 0 Å². The Balaban J connectivity index is 2.77. The Hall–Kier alpha value is -2.07. The third-order valence-corrected chi connectivity index (χ3v) is 2.51. The molecule has 0 spiro atoms. The highest BCUT2D eigenvalue weighted by molar-refractivity contribution is 5.91. The second-order valence-corrected chi connectivity index (χ2v) is 4.59. The zero-order valence-electron chi connectivity index (χ0n) is 11.6. The summed E-state index contributed by atoms with van der Waals surface area (Å²) in [5, 5.41) is 11.0. The van der Waals surface area contributed by atoms with Crippen molar-refractivity contribution >= 4 is 11.6 Å². The van der Waals surface area contributed by atoms with E-state index in [1.807, 2.05) is 13.8 Å². The molecule has 0 bridgehead atoms. The molecule has 0 heterocycles. The first-order chi connectivity index (χ1) is 9.74. The van der Waals surface area contributed by atoms with Gasteiger partial charge in [0, 0.05) is 5.69 Å². The number of nitriles is 1. The minimum absolute atomic E-state index is 0.00382. The van der Waals surface area contributed by atoms with E-state index in [0.717, 1.165) is 12.1 Å². The fourth-order valence-corrected chi connectivity index (χ4v) is 1.56. The van der Waals surface area contributed by atoms with Gasteiger partial charge in [0.1, 0.15) is 0 Å². The highest BCUT2D eigenvalue weighted by Crippen LogP contribution is 2.33. The van der Waals surface area contributed by atoms with Gasteiger partial charge >= 0.3 is 6.18 Å². The van der Waals surface area contributed by atoms with E-state index >= 15 is 0 Å². The largest absolute Gasteiger partial charge is 0.417 e. The molecule has 21 heavy (non-hydrogen) atoms. The van der Waals surface area contributed by atoms with Gasteiger partial charge in [0.05, 0.1) is 36.3 Å². The Morgan fingerprint density at radius 1 is 1.43 bits per heavy atom. The molecule has 0 saturated heterocycles. The zero-order chi connectivity index (χ0) is 16.0. The van der Waals surface area contributed by atoms with Crippen LogP contribution in [0.4, 0.5) is 18.9 Å². The quantitative estimate of drug-likeness (QED) is 0.907. The van der Waals surface area contributed by atoms with Crippen LogP contribution in [0.5, 0.6) is 0 Å². The average Bonchev–Trinajstić information content (AvgIpc) is 2.37.